The molecule has 4 heteroatoms. The summed E-state index contributed by atoms with van der Waals surface area (Å²) in [6.07, 6.45) is 2.07. The molecule has 0 aliphatic rings. The molecule has 94 valence electrons. The van der Waals surface area contributed by atoms with Crippen LogP contribution in [0.1, 0.15) is 26.7 Å². The first-order valence-corrected chi connectivity index (χ1v) is 6.29. The lowest BCUT2D eigenvalue weighted by Gasteiger charge is -2.13. The molecular formula is C13H19ClN2O. The molecule has 0 aliphatic heterocycles. The summed E-state index contributed by atoms with van der Waals surface area (Å²) in [5, 5.41) is 6.57. The maximum Gasteiger partial charge on any atom is 0.239 e. The van der Waals surface area contributed by atoms with Crippen molar-refractivity contribution >= 4 is 23.2 Å². The van der Waals surface area contributed by atoms with Crippen LogP contribution in [0.5, 0.6) is 0 Å². The van der Waals surface area contributed by atoms with E-state index < -0.39 is 0 Å². The highest BCUT2D eigenvalue weighted by Crippen LogP contribution is 2.19. The Morgan fingerprint density at radius 1 is 1.41 bits per heavy atom. The molecule has 0 saturated carbocycles. The molecule has 1 aromatic rings. The van der Waals surface area contributed by atoms with Crippen LogP contribution in [0.25, 0.3) is 0 Å². The molecule has 1 atom stereocenters. The number of halogens is 1. The molecule has 1 rings (SSSR count). The number of hydrogen-bond donors (Lipinski definition) is 2. The Morgan fingerprint density at radius 2 is 2.12 bits per heavy atom. The van der Waals surface area contributed by atoms with Crippen LogP contribution in [-0.2, 0) is 4.79 Å². The quantitative estimate of drug-likeness (QED) is 0.819. The Balaban J connectivity index is 2.36. The molecule has 1 aromatic carbocycles. The molecule has 17 heavy (non-hydrogen) atoms. The number of amides is 1. The number of hydrogen-bond acceptors (Lipinski definition) is 2. The summed E-state index contributed by atoms with van der Waals surface area (Å²) >= 11 is 5.97. The Kier molecular flexibility index (Phi) is 5.84. The van der Waals surface area contributed by atoms with Gasteiger partial charge in [0, 0.05) is 6.04 Å². The molecule has 0 radical (unpaired) electrons. The fraction of sp³-hybridized carbons (Fsp3) is 0.462. The van der Waals surface area contributed by atoms with Gasteiger partial charge in [0.2, 0.25) is 5.91 Å². The summed E-state index contributed by atoms with van der Waals surface area (Å²) in [6.45, 7) is 4.36. The van der Waals surface area contributed by atoms with Gasteiger partial charge >= 0.3 is 0 Å². The van der Waals surface area contributed by atoms with Crippen molar-refractivity contribution in [2.24, 2.45) is 0 Å². The van der Waals surface area contributed by atoms with Gasteiger partial charge in [-0.05, 0) is 25.5 Å². The molecule has 0 fully saturated rings. The number of carbonyl (C=O) groups is 1. The standard InChI is InChI=1S/C13H19ClN2O/c1-3-6-10(2)16-13(17)9-15-12-8-5-4-7-11(12)14/h4-5,7-8,10,15H,3,6,9H2,1-2H3,(H,16,17). The number of nitrogens with one attached hydrogen (secondary N) is 2. The second-order valence-electron chi connectivity index (χ2n) is 4.09. The molecule has 1 unspecified atom stereocenters. The van der Waals surface area contributed by atoms with E-state index in [1.807, 2.05) is 25.1 Å². The summed E-state index contributed by atoms with van der Waals surface area (Å²) in [6, 6.07) is 7.61. The third-order valence-corrected chi connectivity index (χ3v) is 2.77. The minimum Gasteiger partial charge on any atom is -0.375 e. The Morgan fingerprint density at radius 3 is 2.76 bits per heavy atom. The molecule has 0 aromatic heterocycles. The molecule has 2 N–H and O–H groups in total. The molecule has 3 nitrogen and oxygen atoms in total. The van der Waals surface area contributed by atoms with Gasteiger partial charge in [0.25, 0.3) is 0 Å². The van der Waals surface area contributed by atoms with Crippen molar-refractivity contribution < 1.29 is 4.79 Å². The lowest BCUT2D eigenvalue weighted by atomic mass is 10.2. The maximum absolute atomic E-state index is 11.6. The third kappa shape index (κ3) is 5.09. The summed E-state index contributed by atoms with van der Waals surface area (Å²) in [5.41, 5.74) is 0.785. The zero-order chi connectivity index (χ0) is 12.7. The Bertz CT molecular complexity index is 368. The summed E-state index contributed by atoms with van der Waals surface area (Å²) in [4.78, 5) is 11.6. The van der Waals surface area contributed by atoms with Crippen molar-refractivity contribution in [2.45, 2.75) is 32.7 Å². The fourth-order valence-corrected chi connectivity index (χ4v) is 1.81. The van der Waals surface area contributed by atoms with Crippen LogP contribution in [0.2, 0.25) is 5.02 Å². The minimum atomic E-state index is -0.00845. The number of rotatable bonds is 6. The van der Waals surface area contributed by atoms with Gasteiger partial charge in [-0.3, -0.25) is 4.79 Å². The van der Waals surface area contributed by atoms with Crippen LogP contribution >= 0.6 is 11.6 Å². The van der Waals surface area contributed by atoms with Crippen LogP contribution < -0.4 is 10.6 Å². The average Bonchev–Trinajstić information content (AvgIpc) is 2.28. The van der Waals surface area contributed by atoms with E-state index in [-0.39, 0.29) is 18.5 Å². The van der Waals surface area contributed by atoms with Gasteiger partial charge in [-0.2, -0.15) is 0 Å². The zero-order valence-corrected chi connectivity index (χ0v) is 11.1. The van der Waals surface area contributed by atoms with Crippen LogP contribution in [0.15, 0.2) is 24.3 Å². The molecule has 0 bridgehead atoms. The fourth-order valence-electron chi connectivity index (χ4n) is 1.61. The van der Waals surface area contributed by atoms with Crippen molar-refractivity contribution in [3.05, 3.63) is 29.3 Å². The molecule has 0 spiro atoms. The first-order chi connectivity index (χ1) is 8.13. The molecule has 0 aliphatic carbocycles. The van der Waals surface area contributed by atoms with Gasteiger partial charge in [0.05, 0.1) is 17.3 Å². The topological polar surface area (TPSA) is 41.1 Å². The lowest BCUT2D eigenvalue weighted by Crippen LogP contribution is -2.36. The number of para-hydroxylation sites is 1. The highest BCUT2D eigenvalue weighted by Gasteiger charge is 2.06. The van der Waals surface area contributed by atoms with E-state index in [9.17, 15) is 4.79 Å². The molecule has 1 amide bonds. The highest BCUT2D eigenvalue weighted by molar-refractivity contribution is 6.33. The van der Waals surface area contributed by atoms with Crippen LogP contribution in [-0.4, -0.2) is 18.5 Å². The smallest absolute Gasteiger partial charge is 0.239 e. The van der Waals surface area contributed by atoms with Gasteiger partial charge in [0.15, 0.2) is 0 Å². The second-order valence-corrected chi connectivity index (χ2v) is 4.50. The zero-order valence-electron chi connectivity index (χ0n) is 10.3. The Labute approximate surface area is 108 Å². The first-order valence-electron chi connectivity index (χ1n) is 5.91. The van der Waals surface area contributed by atoms with E-state index >= 15 is 0 Å². The van der Waals surface area contributed by atoms with Crippen molar-refractivity contribution in [1.82, 2.24) is 5.32 Å². The van der Waals surface area contributed by atoms with Crippen molar-refractivity contribution in [3.8, 4) is 0 Å². The number of anilines is 1. The van der Waals surface area contributed by atoms with Crippen LogP contribution in [0.4, 0.5) is 5.69 Å². The van der Waals surface area contributed by atoms with Crippen LogP contribution in [0.3, 0.4) is 0 Å². The van der Waals surface area contributed by atoms with Crippen molar-refractivity contribution in [2.75, 3.05) is 11.9 Å². The van der Waals surface area contributed by atoms with E-state index in [1.54, 1.807) is 6.07 Å². The van der Waals surface area contributed by atoms with E-state index in [0.717, 1.165) is 18.5 Å². The molecule has 0 heterocycles. The van der Waals surface area contributed by atoms with E-state index in [4.69, 9.17) is 11.6 Å². The largest absolute Gasteiger partial charge is 0.375 e. The summed E-state index contributed by atoms with van der Waals surface area (Å²) in [7, 11) is 0. The highest BCUT2D eigenvalue weighted by atomic mass is 35.5. The average molecular weight is 255 g/mol. The monoisotopic (exact) mass is 254 g/mol. The predicted octanol–water partition coefficient (Wildman–Crippen LogP) is 3.06. The maximum atomic E-state index is 11.6. The summed E-state index contributed by atoms with van der Waals surface area (Å²) < 4.78 is 0. The summed E-state index contributed by atoms with van der Waals surface area (Å²) in [5.74, 6) is -0.00845. The second kappa shape index (κ2) is 7.17. The van der Waals surface area contributed by atoms with E-state index in [2.05, 4.69) is 17.6 Å². The SMILES string of the molecule is CCCC(C)NC(=O)CNc1ccccc1Cl. The number of carbonyl (C=O) groups excluding carboxylic acids is 1. The van der Waals surface area contributed by atoms with Gasteiger partial charge in [-0.25, -0.2) is 0 Å². The third-order valence-electron chi connectivity index (χ3n) is 2.44. The molecular weight excluding hydrogens is 236 g/mol. The molecule has 0 saturated heterocycles. The number of benzene rings is 1. The van der Waals surface area contributed by atoms with Crippen molar-refractivity contribution in [3.63, 3.8) is 0 Å². The van der Waals surface area contributed by atoms with Crippen LogP contribution in [0, 0.1) is 0 Å². The Hall–Kier alpha value is -1.22. The van der Waals surface area contributed by atoms with E-state index in [0.29, 0.717) is 5.02 Å². The normalized spacial score (nSPS) is 11.9. The van der Waals surface area contributed by atoms with Gasteiger partial charge in [-0.1, -0.05) is 37.1 Å². The van der Waals surface area contributed by atoms with Crippen molar-refractivity contribution in [1.29, 1.82) is 0 Å². The van der Waals surface area contributed by atoms with E-state index in [1.165, 1.54) is 0 Å². The lowest BCUT2D eigenvalue weighted by molar-refractivity contribution is -0.120. The predicted molar refractivity (Wildman–Crippen MR) is 72.5 cm³/mol. The van der Waals surface area contributed by atoms with Gasteiger partial charge in [-0.15, -0.1) is 0 Å². The van der Waals surface area contributed by atoms with Gasteiger partial charge in [0.1, 0.15) is 0 Å². The minimum absolute atomic E-state index is 0.00845. The first kappa shape index (κ1) is 13.8. The van der Waals surface area contributed by atoms with Gasteiger partial charge < -0.3 is 10.6 Å².